The van der Waals surface area contributed by atoms with Crippen LogP contribution in [0, 0.1) is 0 Å². The molecule has 2 aromatic carbocycles. The number of rotatable bonds is 6. The lowest BCUT2D eigenvalue weighted by Crippen LogP contribution is -2.29. The van der Waals surface area contributed by atoms with E-state index in [2.05, 4.69) is 40.7 Å². The molecule has 0 aliphatic carbocycles. The first-order valence-corrected chi connectivity index (χ1v) is 7.01. The zero-order valence-electron chi connectivity index (χ0n) is 12.8. The highest BCUT2D eigenvalue weighted by Gasteiger charge is 2.13. The molecule has 112 valence electrons. The second-order valence-corrected chi connectivity index (χ2v) is 5.22. The molecular formula is C17H23N3O. The van der Waals surface area contributed by atoms with E-state index in [4.69, 9.17) is 10.6 Å². The predicted molar refractivity (Wildman–Crippen MR) is 87.5 cm³/mol. The molecule has 4 nitrogen and oxygen atoms in total. The third-order valence-electron chi connectivity index (χ3n) is 3.63. The van der Waals surface area contributed by atoms with Crippen molar-refractivity contribution in [3.05, 3.63) is 59.7 Å². The summed E-state index contributed by atoms with van der Waals surface area (Å²) < 4.78 is 5.40. The number of anilines is 1. The number of hydrazine groups is 1. The van der Waals surface area contributed by atoms with E-state index in [0.29, 0.717) is 0 Å². The lowest BCUT2D eigenvalue weighted by Gasteiger charge is -2.19. The zero-order valence-corrected chi connectivity index (χ0v) is 12.8. The molecular weight excluding hydrogens is 262 g/mol. The molecule has 4 heteroatoms. The van der Waals surface area contributed by atoms with E-state index in [-0.39, 0.29) is 6.04 Å². The maximum atomic E-state index is 5.74. The van der Waals surface area contributed by atoms with Gasteiger partial charge >= 0.3 is 0 Å². The third-order valence-corrected chi connectivity index (χ3v) is 3.63. The van der Waals surface area contributed by atoms with E-state index >= 15 is 0 Å². The average molecular weight is 285 g/mol. The van der Waals surface area contributed by atoms with Gasteiger partial charge in [-0.15, -0.1) is 0 Å². The van der Waals surface area contributed by atoms with Crippen molar-refractivity contribution < 1.29 is 4.74 Å². The Morgan fingerprint density at radius 2 is 1.76 bits per heavy atom. The fourth-order valence-corrected chi connectivity index (χ4v) is 2.37. The summed E-state index contributed by atoms with van der Waals surface area (Å²) in [5, 5.41) is 0. The van der Waals surface area contributed by atoms with Crippen molar-refractivity contribution in [3.8, 4) is 5.75 Å². The van der Waals surface area contributed by atoms with Crippen molar-refractivity contribution in [1.29, 1.82) is 0 Å². The van der Waals surface area contributed by atoms with Gasteiger partial charge in [0.05, 0.1) is 13.2 Å². The van der Waals surface area contributed by atoms with Crippen molar-refractivity contribution in [1.82, 2.24) is 5.43 Å². The molecule has 0 bridgehead atoms. The summed E-state index contributed by atoms with van der Waals surface area (Å²) in [6, 6.07) is 16.5. The van der Waals surface area contributed by atoms with Gasteiger partial charge in [0, 0.05) is 19.8 Å². The topological polar surface area (TPSA) is 50.5 Å². The molecule has 0 aliphatic heterocycles. The molecule has 3 N–H and O–H groups in total. The molecule has 2 rings (SSSR count). The second kappa shape index (κ2) is 7.11. The fraction of sp³-hybridized carbons (Fsp3) is 0.294. The lowest BCUT2D eigenvalue weighted by atomic mass is 9.98. The minimum absolute atomic E-state index is 0.0533. The number of methoxy groups -OCH3 is 1. The van der Waals surface area contributed by atoms with Gasteiger partial charge in [-0.3, -0.25) is 11.3 Å². The van der Waals surface area contributed by atoms with Gasteiger partial charge in [0.2, 0.25) is 0 Å². The van der Waals surface area contributed by atoms with Crippen LogP contribution in [0.3, 0.4) is 0 Å². The number of hydrogen-bond donors (Lipinski definition) is 2. The van der Waals surface area contributed by atoms with E-state index in [1.54, 1.807) is 7.11 Å². The molecule has 0 spiro atoms. The van der Waals surface area contributed by atoms with Crippen molar-refractivity contribution >= 4 is 5.69 Å². The smallest absolute Gasteiger partial charge is 0.122 e. The van der Waals surface area contributed by atoms with Crippen molar-refractivity contribution in [2.75, 3.05) is 26.1 Å². The Kier molecular flexibility index (Phi) is 5.20. The normalized spacial score (nSPS) is 12.0. The lowest BCUT2D eigenvalue weighted by molar-refractivity contribution is 0.405. The Morgan fingerprint density at radius 3 is 2.33 bits per heavy atom. The maximum absolute atomic E-state index is 5.74. The van der Waals surface area contributed by atoms with Gasteiger partial charge in [0.1, 0.15) is 5.75 Å². The number of benzene rings is 2. The minimum Gasteiger partial charge on any atom is -0.496 e. The van der Waals surface area contributed by atoms with E-state index in [9.17, 15) is 0 Å². The maximum Gasteiger partial charge on any atom is 0.122 e. The Morgan fingerprint density at radius 1 is 1.10 bits per heavy atom. The van der Waals surface area contributed by atoms with E-state index in [1.807, 2.05) is 32.3 Å². The van der Waals surface area contributed by atoms with E-state index in [1.165, 1.54) is 5.69 Å². The van der Waals surface area contributed by atoms with Gasteiger partial charge in [-0.05, 0) is 35.7 Å². The van der Waals surface area contributed by atoms with Crippen molar-refractivity contribution in [2.45, 2.75) is 12.5 Å². The first-order chi connectivity index (χ1) is 10.2. The highest BCUT2D eigenvalue weighted by Crippen LogP contribution is 2.25. The molecule has 0 radical (unpaired) electrons. The van der Waals surface area contributed by atoms with Gasteiger partial charge in [0.15, 0.2) is 0 Å². The average Bonchev–Trinajstić information content (AvgIpc) is 2.53. The van der Waals surface area contributed by atoms with Crippen LogP contribution in [0.5, 0.6) is 5.75 Å². The summed E-state index contributed by atoms with van der Waals surface area (Å²) in [6.45, 7) is 0. The Balaban J connectivity index is 2.19. The third kappa shape index (κ3) is 3.74. The Hall–Kier alpha value is -2.04. The molecule has 0 amide bonds. The predicted octanol–water partition coefficient (Wildman–Crippen LogP) is 2.51. The number of nitrogens with one attached hydrogen (secondary N) is 1. The van der Waals surface area contributed by atoms with Crippen LogP contribution in [0.2, 0.25) is 0 Å². The summed E-state index contributed by atoms with van der Waals surface area (Å²) in [7, 11) is 5.75. The molecule has 0 aliphatic rings. The van der Waals surface area contributed by atoms with Gasteiger partial charge in [0.25, 0.3) is 0 Å². The summed E-state index contributed by atoms with van der Waals surface area (Å²) >= 11 is 0. The van der Waals surface area contributed by atoms with E-state index < -0.39 is 0 Å². The van der Waals surface area contributed by atoms with Crippen LogP contribution in [0.25, 0.3) is 0 Å². The summed E-state index contributed by atoms with van der Waals surface area (Å²) in [5.74, 6) is 6.63. The largest absolute Gasteiger partial charge is 0.496 e. The monoisotopic (exact) mass is 285 g/mol. The van der Waals surface area contributed by atoms with Crippen LogP contribution < -0.4 is 20.9 Å². The number of nitrogens with two attached hydrogens (primary N) is 1. The van der Waals surface area contributed by atoms with Gasteiger partial charge in [-0.2, -0.15) is 0 Å². The van der Waals surface area contributed by atoms with Crippen LogP contribution >= 0.6 is 0 Å². The molecule has 21 heavy (non-hydrogen) atoms. The van der Waals surface area contributed by atoms with Crippen LogP contribution in [0.1, 0.15) is 17.2 Å². The molecule has 0 saturated heterocycles. The highest BCUT2D eigenvalue weighted by atomic mass is 16.5. The molecule has 0 fully saturated rings. The zero-order chi connectivity index (χ0) is 15.2. The molecule has 1 atom stereocenters. The van der Waals surface area contributed by atoms with Gasteiger partial charge in [-0.1, -0.05) is 30.3 Å². The molecule has 0 aromatic heterocycles. The highest BCUT2D eigenvalue weighted by molar-refractivity contribution is 5.47. The van der Waals surface area contributed by atoms with Crippen LogP contribution in [0.4, 0.5) is 5.69 Å². The van der Waals surface area contributed by atoms with Crippen molar-refractivity contribution in [3.63, 3.8) is 0 Å². The Labute approximate surface area is 126 Å². The number of hydrogen-bond acceptors (Lipinski definition) is 4. The van der Waals surface area contributed by atoms with Crippen LogP contribution in [-0.2, 0) is 6.42 Å². The summed E-state index contributed by atoms with van der Waals surface area (Å²) in [5.41, 5.74) is 6.37. The quantitative estimate of drug-likeness (QED) is 0.632. The molecule has 0 saturated carbocycles. The molecule has 0 heterocycles. The van der Waals surface area contributed by atoms with Crippen LogP contribution in [0.15, 0.2) is 48.5 Å². The molecule has 2 aromatic rings. The molecule has 1 unspecified atom stereocenters. The standard InChI is InChI=1S/C17H23N3O/c1-20(2)15-10-8-13(9-11-15)16(19-18)12-14-6-4-5-7-17(14)21-3/h4-11,16,19H,12,18H2,1-3H3. The number of nitrogens with zero attached hydrogens (tertiary/aromatic N) is 1. The fourth-order valence-electron chi connectivity index (χ4n) is 2.37. The Bertz CT molecular complexity index is 567. The van der Waals surface area contributed by atoms with E-state index in [0.717, 1.165) is 23.3 Å². The first-order valence-electron chi connectivity index (χ1n) is 7.01. The number of para-hydroxylation sites is 1. The first kappa shape index (κ1) is 15.4. The van der Waals surface area contributed by atoms with Gasteiger partial charge in [-0.25, -0.2) is 0 Å². The van der Waals surface area contributed by atoms with Gasteiger partial charge < -0.3 is 9.64 Å². The second-order valence-electron chi connectivity index (χ2n) is 5.22. The number of ether oxygens (including phenoxy) is 1. The minimum atomic E-state index is 0.0533. The SMILES string of the molecule is COc1ccccc1CC(NN)c1ccc(N(C)C)cc1. The van der Waals surface area contributed by atoms with Crippen LogP contribution in [-0.4, -0.2) is 21.2 Å². The van der Waals surface area contributed by atoms with Crippen molar-refractivity contribution in [2.24, 2.45) is 5.84 Å². The summed E-state index contributed by atoms with van der Waals surface area (Å²) in [4.78, 5) is 2.08. The summed E-state index contributed by atoms with van der Waals surface area (Å²) in [6.07, 6.45) is 0.780.